The van der Waals surface area contributed by atoms with Crippen molar-refractivity contribution in [2.24, 2.45) is 0 Å². The Morgan fingerprint density at radius 2 is 0.458 bits per heavy atom. The van der Waals surface area contributed by atoms with Crippen molar-refractivity contribution in [3.05, 3.63) is 109 Å². The van der Waals surface area contributed by atoms with Gasteiger partial charge in [0.05, 0.1) is 26.4 Å². The van der Waals surface area contributed by atoms with Crippen LogP contribution in [0, 0.1) is 0 Å². The zero-order valence-corrected chi connectivity index (χ0v) is 46.1. The minimum Gasteiger partial charge on any atom is -0.494 e. The highest BCUT2D eigenvalue weighted by Crippen LogP contribution is 2.42. The molecule has 5 aromatic carbocycles. The molecule has 0 aliphatic carbocycles. The third-order valence-electron chi connectivity index (χ3n) is 14.3. The summed E-state index contributed by atoms with van der Waals surface area (Å²) in [5.74, 6) is 3.64. The first-order chi connectivity index (χ1) is 35.6. The maximum atomic E-state index is 6.49. The second-order valence-electron chi connectivity index (χ2n) is 20.6. The summed E-state index contributed by atoms with van der Waals surface area (Å²) in [6, 6.07) is 39.2. The van der Waals surface area contributed by atoms with Crippen LogP contribution < -0.4 is 18.9 Å². The molecule has 0 unspecified atom stereocenters. The van der Waals surface area contributed by atoms with Gasteiger partial charge in [-0.3, -0.25) is 0 Å². The van der Waals surface area contributed by atoms with Crippen LogP contribution in [0.3, 0.4) is 0 Å². The summed E-state index contributed by atoms with van der Waals surface area (Å²) in [6.07, 6.45) is 40.2. The zero-order valence-electron chi connectivity index (χ0n) is 46.1. The fraction of sp³-hybridized carbons (Fsp3) is 0.559. The van der Waals surface area contributed by atoms with Crippen LogP contribution in [-0.4, -0.2) is 26.4 Å². The van der Waals surface area contributed by atoms with Gasteiger partial charge in [-0.1, -0.05) is 267 Å². The number of hydrogen-bond donors (Lipinski definition) is 0. The molecule has 0 radical (unpaired) electrons. The van der Waals surface area contributed by atoms with E-state index in [4.69, 9.17) is 18.9 Å². The molecule has 0 N–H and O–H groups in total. The van der Waals surface area contributed by atoms with Crippen molar-refractivity contribution in [3.63, 3.8) is 0 Å². The van der Waals surface area contributed by atoms with Crippen molar-refractivity contribution < 1.29 is 18.9 Å². The molecule has 0 saturated heterocycles. The Morgan fingerprint density at radius 3 is 0.722 bits per heavy atom. The molecule has 0 bridgehead atoms. The van der Waals surface area contributed by atoms with Crippen LogP contribution in [0.25, 0.3) is 44.5 Å². The lowest BCUT2D eigenvalue weighted by Crippen LogP contribution is -2.01. The molecule has 4 nitrogen and oxygen atoms in total. The van der Waals surface area contributed by atoms with Gasteiger partial charge in [0.2, 0.25) is 0 Å². The Labute approximate surface area is 440 Å². The molecule has 0 atom stereocenters. The largest absolute Gasteiger partial charge is 0.494 e. The van der Waals surface area contributed by atoms with Gasteiger partial charge in [-0.15, -0.1) is 0 Å². The molecule has 0 amide bonds. The SMILES string of the molecule is CCCCCCCCCCCCCCCCOc1ccc(-c2ccc(-c3cc(OCCC)c(-c4ccc(-c5ccc(OCCCCCCCCCCCCCCCC)cc5)cc4)cc3OCCC)cc2)cc1. The molecule has 0 aliphatic rings. The van der Waals surface area contributed by atoms with Gasteiger partial charge >= 0.3 is 0 Å². The second-order valence-corrected chi connectivity index (χ2v) is 20.6. The summed E-state index contributed by atoms with van der Waals surface area (Å²) in [4.78, 5) is 0. The number of hydrogen-bond acceptors (Lipinski definition) is 4. The first-order valence-corrected chi connectivity index (χ1v) is 29.7. The van der Waals surface area contributed by atoms with E-state index in [0.29, 0.717) is 13.2 Å². The monoisotopic (exact) mass is 979 g/mol. The minimum atomic E-state index is 0.644. The van der Waals surface area contributed by atoms with Gasteiger partial charge < -0.3 is 18.9 Å². The van der Waals surface area contributed by atoms with E-state index < -0.39 is 0 Å². The van der Waals surface area contributed by atoms with Crippen molar-refractivity contribution >= 4 is 0 Å². The molecule has 0 aromatic heterocycles. The Hall–Kier alpha value is -4.70. The molecular formula is C68H98O4. The highest BCUT2D eigenvalue weighted by molar-refractivity contribution is 5.83. The van der Waals surface area contributed by atoms with E-state index in [1.165, 1.54) is 189 Å². The van der Waals surface area contributed by atoms with Gasteiger partial charge in [0.15, 0.2) is 0 Å². The Morgan fingerprint density at radius 1 is 0.222 bits per heavy atom. The Kier molecular flexibility index (Phi) is 30.0. The third-order valence-corrected chi connectivity index (χ3v) is 14.3. The average molecular weight is 980 g/mol. The normalized spacial score (nSPS) is 11.3. The standard InChI is InChI=1S/C68H98O4/c1-5-9-11-13-15-17-19-21-23-25-27-29-31-33-53-69-63-47-43-59(44-48-63)57-35-39-61(40-36-57)65-55-68(72-52-8-4)66(56-67(65)71-51-7-3)62-41-37-58(38-42-62)60-45-49-64(50-46-60)70-54-34-32-30-28-26-24-22-20-18-16-14-12-10-6-2/h35-50,55-56H,5-34,51-54H2,1-4H3. The third kappa shape index (κ3) is 22.6. The number of unbranched alkanes of at least 4 members (excludes halogenated alkanes) is 26. The first kappa shape index (κ1) is 58.2. The van der Waals surface area contributed by atoms with Gasteiger partial charge in [-0.2, -0.15) is 0 Å². The predicted octanol–water partition coefficient (Wildman–Crippen LogP) is 21.7. The van der Waals surface area contributed by atoms with Crippen LogP contribution in [-0.2, 0) is 0 Å². The molecule has 0 saturated carbocycles. The van der Waals surface area contributed by atoms with E-state index in [2.05, 4.69) is 137 Å². The van der Waals surface area contributed by atoms with Crippen molar-refractivity contribution in [2.45, 2.75) is 220 Å². The zero-order chi connectivity index (χ0) is 50.5. The fourth-order valence-electron chi connectivity index (χ4n) is 9.82. The van der Waals surface area contributed by atoms with Gasteiger partial charge in [0.25, 0.3) is 0 Å². The van der Waals surface area contributed by atoms with E-state index in [1.54, 1.807) is 0 Å². The highest BCUT2D eigenvalue weighted by Gasteiger charge is 2.17. The lowest BCUT2D eigenvalue weighted by molar-refractivity contribution is 0.304. The maximum Gasteiger partial charge on any atom is 0.128 e. The lowest BCUT2D eigenvalue weighted by atomic mass is 9.95. The topological polar surface area (TPSA) is 36.9 Å². The minimum absolute atomic E-state index is 0.644. The number of ether oxygens (including phenoxy) is 4. The second kappa shape index (κ2) is 37.1. The van der Waals surface area contributed by atoms with E-state index in [9.17, 15) is 0 Å². The van der Waals surface area contributed by atoms with Gasteiger partial charge in [-0.05, 0) is 95.5 Å². The Balaban J connectivity index is 1.07. The summed E-state index contributed by atoms with van der Waals surface area (Å²) >= 11 is 0. The highest BCUT2D eigenvalue weighted by atomic mass is 16.5. The van der Waals surface area contributed by atoms with Crippen LogP contribution in [0.2, 0.25) is 0 Å². The van der Waals surface area contributed by atoms with E-state index in [-0.39, 0.29) is 0 Å². The molecule has 0 fully saturated rings. The van der Waals surface area contributed by atoms with Gasteiger partial charge in [-0.25, -0.2) is 0 Å². The van der Waals surface area contributed by atoms with Crippen molar-refractivity contribution in [1.82, 2.24) is 0 Å². The summed E-state index contributed by atoms with van der Waals surface area (Å²) in [5, 5.41) is 0. The van der Waals surface area contributed by atoms with Crippen LogP contribution in [0.4, 0.5) is 0 Å². The smallest absolute Gasteiger partial charge is 0.128 e. The van der Waals surface area contributed by atoms with Gasteiger partial charge in [0, 0.05) is 11.1 Å². The van der Waals surface area contributed by atoms with E-state index >= 15 is 0 Å². The first-order valence-electron chi connectivity index (χ1n) is 29.7. The summed E-state index contributed by atoms with van der Waals surface area (Å²) in [5.41, 5.74) is 9.00. The molecule has 0 spiro atoms. The van der Waals surface area contributed by atoms with Crippen LogP contribution in [0.15, 0.2) is 109 Å². The van der Waals surface area contributed by atoms with Crippen LogP contribution in [0.1, 0.15) is 220 Å². The van der Waals surface area contributed by atoms with E-state index in [0.717, 1.165) is 84.1 Å². The lowest BCUT2D eigenvalue weighted by Gasteiger charge is -2.18. The summed E-state index contributed by atoms with van der Waals surface area (Å²) in [7, 11) is 0. The summed E-state index contributed by atoms with van der Waals surface area (Å²) < 4.78 is 25.3. The fourth-order valence-corrected chi connectivity index (χ4v) is 9.82. The van der Waals surface area contributed by atoms with Crippen molar-refractivity contribution in [1.29, 1.82) is 0 Å². The molecule has 5 aromatic rings. The van der Waals surface area contributed by atoms with Crippen LogP contribution >= 0.6 is 0 Å². The van der Waals surface area contributed by atoms with Crippen molar-refractivity contribution in [3.8, 4) is 67.5 Å². The molecule has 0 aliphatic heterocycles. The van der Waals surface area contributed by atoms with E-state index in [1.807, 2.05) is 0 Å². The quantitative estimate of drug-likeness (QED) is 0.0365. The molecule has 0 heterocycles. The molecular weight excluding hydrogens is 881 g/mol. The molecule has 394 valence electrons. The molecule has 72 heavy (non-hydrogen) atoms. The number of rotatable bonds is 42. The average Bonchev–Trinajstić information content (AvgIpc) is 3.42. The maximum absolute atomic E-state index is 6.49. The number of benzene rings is 5. The summed E-state index contributed by atoms with van der Waals surface area (Å²) in [6.45, 7) is 11.8. The van der Waals surface area contributed by atoms with Crippen molar-refractivity contribution in [2.75, 3.05) is 26.4 Å². The Bertz CT molecular complexity index is 1930. The van der Waals surface area contributed by atoms with Gasteiger partial charge in [0.1, 0.15) is 23.0 Å². The molecule has 4 heteroatoms. The van der Waals surface area contributed by atoms with Crippen LogP contribution in [0.5, 0.6) is 23.0 Å². The molecule has 5 rings (SSSR count). The predicted molar refractivity (Wildman–Crippen MR) is 311 cm³/mol.